The van der Waals surface area contributed by atoms with Gasteiger partial charge < -0.3 is 5.11 Å². The van der Waals surface area contributed by atoms with Gasteiger partial charge >= 0.3 is 0 Å². The summed E-state index contributed by atoms with van der Waals surface area (Å²) in [6.45, 7) is 7.15. The second kappa shape index (κ2) is 7.82. The Labute approximate surface area is 165 Å². The molecule has 2 aromatic rings. The molecule has 1 aromatic heterocycles. The fourth-order valence-electron chi connectivity index (χ4n) is 3.79. The Bertz CT molecular complexity index is 1030. The van der Waals surface area contributed by atoms with E-state index >= 15 is 0 Å². The van der Waals surface area contributed by atoms with Crippen molar-refractivity contribution in [3.05, 3.63) is 69.7 Å². The molecule has 0 spiro atoms. The number of hydrogen-bond donors (Lipinski definition) is 1. The van der Waals surface area contributed by atoms with Crippen LogP contribution < -0.4 is 0 Å². The van der Waals surface area contributed by atoms with Gasteiger partial charge in [0.15, 0.2) is 11.6 Å². The van der Waals surface area contributed by atoms with E-state index in [9.17, 15) is 14.7 Å². The van der Waals surface area contributed by atoms with E-state index in [4.69, 9.17) is 0 Å². The number of hydrogen-bond acceptors (Lipinski definition) is 4. The van der Waals surface area contributed by atoms with Crippen molar-refractivity contribution in [3.8, 4) is 11.8 Å². The van der Waals surface area contributed by atoms with Crippen molar-refractivity contribution in [3.63, 3.8) is 0 Å². The Kier molecular flexibility index (Phi) is 5.46. The zero-order valence-corrected chi connectivity index (χ0v) is 16.6. The molecule has 1 unspecified atom stereocenters. The molecular formula is C24H23NO3. The van der Waals surface area contributed by atoms with E-state index in [0.29, 0.717) is 24.0 Å². The van der Waals surface area contributed by atoms with Crippen LogP contribution in [0.4, 0.5) is 0 Å². The molecule has 1 atom stereocenters. The van der Waals surface area contributed by atoms with Gasteiger partial charge in [0.1, 0.15) is 5.76 Å². The van der Waals surface area contributed by atoms with Gasteiger partial charge in [0.05, 0.1) is 5.57 Å². The molecular weight excluding hydrogens is 350 g/mol. The van der Waals surface area contributed by atoms with Crippen LogP contribution in [0, 0.1) is 31.6 Å². The standard InChI is InChI=1S/C24H23NO3/c1-5-6-17-9-14(2)22(15(3)10-17)23-21(27)12-19(24(23)28)11-20-8-7-18(13-25-20)16(4)26/h7-10,13,19,27H,11-12H2,1-4H3. The Morgan fingerprint density at radius 1 is 1.25 bits per heavy atom. The molecule has 0 saturated carbocycles. The minimum atomic E-state index is -0.348. The first-order chi connectivity index (χ1) is 13.3. The number of Topliss-reactive ketones (excluding diaryl/α,β-unsaturated/α-hetero) is 2. The second-order valence-corrected chi connectivity index (χ2v) is 7.25. The summed E-state index contributed by atoms with van der Waals surface area (Å²) >= 11 is 0. The summed E-state index contributed by atoms with van der Waals surface area (Å²) in [5.74, 6) is 5.61. The van der Waals surface area contributed by atoms with Crippen LogP contribution >= 0.6 is 0 Å². The van der Waals surface area contributed by atoms with Crippen LogP contribution in [0.3, 0.4) is 0 Å². The largest absolute Gasteiger partial charge is 0.512 e. The molecule has 0 aliphatic heterocycles. The monoisotopic (exact) mass is 373 g/mol. The highest BCUT2D eigenvalue weighted by Crippen LogP contribution is 2.38. The topological polar surface area (TPSA) is 67.3 Å². The van der Waals surface area contributed by atoms with Gasteiger partial charge in [-0.05, 0) is 68.7 Å². The average Bonchev–Trinajstić information content (AvgIpc) is 2.90. The highest BCUT2D eigenvalue weighted by Gasteiger charge is 2.35. The van der Waals surface area contributed by atoms with E-state index in [-0.39, 0.29) is 23.2 Å². The third-order valence-electron chi connectivity index (χ3n) is 5.08. The Morgan fingerprint density at radius 2 is 1.93 bits per heavy atom. The van der Waals surface area contributed by atoms with E-state index in [0.717, 1.165) is 27.9 Å². The maximum absolute atomic E-state index is 13.1. The van der Waals surface area contributed by atoms with Crippen molar-refractivity contribution in [2.75, 3.05) is 0 Å². The van der Waals surface area contributed by atoms with Crippen molar-refractivity contribution in [2.45, 2.75) is 40.5 Å². The van der Waals surface area contributed by atoms with Crippen molar-refractivity contribution >= 4 is 17.1 Å². The molecule has 0 bridgehead atoms. The maximum Gasteiger partial charge on any atom is 0.170 e. The molecule has 1 aliphatic carbocycles. The summed E-state index contributed by atoms with van der Waals surface area (Å²) in [5.41, 5.74) is 5.25. The first kappa shape index (κ1) is 19.6. The van der Waals surface area contributed by atoms with Crippen LogP contribution in [0.5, 0.6) is 0 Å². The lowest BCUT2D eigenvalue weighted by Gasteiger charge is -2.13. The van der Waals surface area contributed by atoms with Crippen LogP contribution in [-0.2, 0) is 11.2 Å². The van der Waals surface area contributed by atoms with Gasteiger partial charge in [-0.15, -0.1) is 5.92 Å². The van der Waals surface area contributed by atoms with Crippen LogP contribution in [0.1, 0.15) is 58.6 Å². The van der Waals surface area contributed by atoms with Gasteiger partial charge in [-0.1, -0.05) is 5.92 Å². The normalized spacial score (nSPS) is 16.1. The predicted molar refractivity (Wildman–Crippen MR) is 109 cm³/mol. The number of aromatic nitrogens is 1. The summed E-state index contributed by atoms with van der Waals surface area (Å²) in [4.78, 5) is 28.8. The summed E-state index contributed by atoms with van der Waals surface area (Å²) in [7, 11) is 0. The van der Waals surface area contributed by atoms with Gasteiger partial charge in [-0.25, -0.2) is 0 Å². The highest BCUT2D eigenvalue weighted by atomic mass is 16.3. The molecule has 28 heavy (non-hydrogen) atoms. The lowest BCUT2D eigenvalue weighted by molar-refractivity contribution is -0.116. The minimum absolute atomic E-state index is 0.0419. The van der Waals surface area contributed by atoms with Gasteiger partial charge in [0.2, 0.25) is 0 Å². The quantitative estimate of drug-likeness (QED) is 0.638. The van der Waals surface area contributed by atoms with Gasteiger partial charge in [0.25, 0.3) is 0 Å². The first-order valence-corrected chi connectivity index (χ1v) is 9.28. The molecule has 142 valence electrons. The summed E-state index contributed by atoms with van der Waals surface area (Å²) in [6.07, 6.45) is 2.27. The van der Waals surface area contributed by atoms with E-state index in [1.807, 2.05) is 26.0 Å². The third kappa shape index (κ3) is 3.75. The zero-order chi connectivity index (χ0) is 20.4. The minimum Gasteiger partial charge on any atom is -0.512 e. The first-order valence-electron chi connectivity index (χ1n) is 9.28. The molecule has 1 N–H and O–H groups in total. The fraction of sp³-hybridized carbons (Fsp3) is 0.292. The number of pyridine rings is 1. The summed E-state index contributed by atoms with van der Waals surface area (Å²) in [6, 6.07) is 7.39. The van der Waals surface area contributed by atoms with Crippen molar-refractivity contribution in [1.29, 1.82) is 0 Å². The van der Waals surface area contributed by atoms with E-state index in [1.165, 1.54) is 13.1 Å². The third-order valence-corrected chi connectivity index (χ3v) is 5.08. The number of ketones is 2. The maximum atomic E-state index is 13.1. The molecule has 0 saturated heterocycles. The average molecular weight is 373 g/mol. The molecule has 3 rings (SSSR count). The molecule has 1 aromatic carbocycles. The molecule has 4 heteroatoms. The number of carbonyl (C=O) groups is 2. The molecule has 1 aliphatic rings. The number of carbonyl (C=O) groups excluding carboxylic acids is 2. The summed E-state index contributed by atoms with van der Waals surface area (Å²) < 4.78 is 0. The lowest BCUT2D eigenvalue weighted by atomic mass is 9.89. The van der Waals surface area contributed by atoms with E-state index in [1.54, 1.807) is 19.1 Å². The lowest BCUT2D eigenvalue weighted by Crippen LogP contribution is -2.14. The van der Waals surface area contributed by atoms with Crippen LogP contribution in [0.15, 0.2) is 36.2 Å². The Morgan fingerprint density at radius 3 is 2.46 bits per heavy atom. The van der Waals surface area contributed by atoms with E-state index in [2.05, 4.69) is 16.8 Å². The molecule has 1 heterocycles. The number of rotatable bonds is 4. The number of nitrogens with zero attached hydrogens (tertiary/aromatic N) is 1. The van der Waals surface area contributed by atoms with Crippen molar-refractivity contribution in [1.82, 2.24) is 4.98 Å². The van der Waals surface area contributed by atoms with Crippen LogP contribution in [0.2, 0.25) is 0 Å². The highest BCUT2D eigenvalue weighted by molar-refractivity contribution is 6.25. The number of benzene rings is 1. The van der Waals surface area contributed by atoms with Gasteiger partial charge in [-0.2, -0.15) is 0 Å². The second-order valence-electron chi connectivity index (χ2n) is 7.25. The zero-order valence-electron chi connectivity index (χ0n) is 16.6. The smallest absolute Gasteiger partial charge is 0.170 e. The van der Waals surface area contributed by atoms with Crippen molar-refractivity contribution < 1.29 is 14.7 Å². The molecule has 0 amide bonds. The van der Waals surface area contributed by atoms with Crippen molar-refractivity contribution in [2.24, 2.45) is 5.92 Å². The van der Waals surface area contributed by atoms with Crippen LogP contribution in [0.25, 0.3) is 5.57 Å². The molecule has 0 fully saturated rings. The fourth-order valence-corrected chi connectivity index (χ4v) is 3.79. The number of aliphatic hydroxyl groups is 1. The van der Waals surface area contributed by atoms with E-state index < -0.39 is 0 Å². The Balaban J connectivity index is 1.87. The number of allylic oxidation sites excluding steroid dienone is 2. The SMILES string of the molecule is CC#Cc1cc(C)c(C2=C(O)CC(Cc3ccc(C(C)=O)cn3)C2=O)c(C)c1. The summed E-state index contributed by atoms with van der Waals surface area (Å²) in [5, 5.41) is 10.6. The van der Waals surface area contributed by atoms with Gasteiger partial charge in [-0.3, -0.25) is 14.6 Å². The van der Waals surface area contributed by atoms with Crippen LogP contribution in [-0.4, -0.2) is 21.7 Å². The Hall–Kier alpha value is -3.19. The van der Waals surface area contributed by atoms with Gasteiger partial charge in [0, 0.05) is 41.8 Å². The molecule has 0 radical (unpaired) electrons. The molecule has 4 nitrogen and oxygen atoms in total. The number of aryl methyl sites for hydroxylation is 2. The predicted octanol–water partition coefficient (Wildman–Crippen LogP) is 4.37. The number of aliphatic hydroxyl groups excluding tert-OH is 1.